The predicted octanol–water partition coefficient (Wildman–Crippen LogP) is 1.53. The first-order valence-electron chi connectivity index (χ1n) is 6.40. The average molecular weight is 259 g/mol. The Morgan fingerprint density at radius 3 is 3.00 bits per heavy atom. The number of nitrogens with one attached hydrogen (secondary N) is 1. The van der Waals surface area contributed by atoms with Gasteiger partial charge in [-0.3, -0.25) is 14.0 Å². The van der Waals surface area contributed by atoms with Crippen LogP contribution in [0.2, 0.25) is 0 Å². The molecule has 2 aromatic rings. The molecule has 1 amide bonds. The first-order valence-corrected chi connectivity index (χ1v) is 6.40. The highest BCUT2D eigenvalue weighted by Gasteiger charge is 2.13. The Balaban J connectivity index is 2.38. The van der Waals surface area contributed by atoms with Gasteiger partial charge in [0.25, 0.3) is 11.5 Å². The molecule has 5 nitrogen and oxygen atoms in total. The molecule has 0 aromatic carbocycles. The molecule has 5 heteroatoms. The van der Waals surface area contributed by atoms with Crippen LogP contribution in [0.25, 0.3) is 5.65 Å². The lowest BCUT2D eigenvalue weighted by molar-refractivity contribution is 0.0951. The number of pyridine rings is 1. The Kier molecular flexibility index (Phi) is 3.94. The van der Waals surface area contributed by atoms with Crippen LogP contribution in [0.4, 0.5) is 0 Å². The van der Waals surface area contributed by atoms with Crippen molar-refractivity contribution in [3.8, 4) is 0 Å². The summed E-state index contributed by atoms with van der Waals surface area (Å²) in [5.74, 6) is -0.359. The molecule has 0 bridgehead atoms. The van der Waals surface area contributed by atoms with Gasteiger partial charge in [-0.1, -0.05) is 19.4 Å². The van der Waals surface area contributed by atoms with E-state index in [2.05, 4.69) is 10.3 Å². The van der Waals surface area contributed by atoms with Gasteiger partial charge in [-0.25, -0.2) is 4.98 Å². The van der Waals surface area contributed by atoms with Gasteiger partial charge in [-0.2, -0.15) is 0 Å². The highest BCUT2D eigenvalue weighted by molar-refractivity contribution is 5.93. The number of aromatic nitrogens is 2. The molecular weight excluding hydrogens is 242 g/mol. The van der Waals surface area contributed by atoms with Crippen molar-refractivity contribution >= 4 is 11.6 Å². The Labute approximate surface area is 111 Å². The number of carbonyl (C=O) groups excluding carboxylic acids is 1. The lowest BCUT2D eigenvalue weighted by Crippen LogP contribution is -2.32. The molecule has 0 spiro atoms. The molecule has 2 rings (SSSR count). The van der Waals surface area contributed by atoms with Crippen molar-refractivity contribution in [1.82, 2.24) is 14.7 Å². The van der Waals surface area contributed by atoms with E-state index in [1.54, 1.807) is 12.3 Å². The summed E-state index contributed by atoms with van der Waals surface area (Å²) in [4.78, 5) is 28.3. The van der Waals surface area contributed by atoms with E-state index in [0.29, 0.717) is 12.2 Å². The molecule has 0 saturated carbocycles. The third kappa shape index (κ3) is 2.65. The standard InChI is InChI=1S/C14H17N3O2/c1-3-4-7-15-13(18)11-9-16-12-10(2)6-5-8-17(12)14(11)19/h5-6,8-9H,3-4,7H2,1-2H3,(H,15,18). The van der Waals surface area contributed by atoms with E-state index in [0.717, 1.165) is 18.4 Å². The number of unbranched alkanes of at least 4 members (excludes halogenated alkanes) is 1. The van der Waals surface area contributed by atoms with Crippen molar-refractivity contribution in [2.24, 2.45) is 0 Å². The van der Waals surface area contributed by atoms with Gasteiger partial charge in [0.05, 0.1) is 0 Å². The third-order valence-electron chi connectivity index (χ3n) is 2.99. The quantitative estimate of drug-likeness (QED) is 0.847. The van der Waals surface area contributed by atoms with Crippen molar-refractivity contribution < 1.29 is 4.79 Å². The summed E-state index contributed by atoms with van der Waals surface area (Å²) < 4.78 is 1.41. The number of hydrogen-bond acceptors (Lipinski definition) is 3. The third-order valence-corrected chi connectivity index (χ3v) is 2.99. The Morgan fingerprint density at radius 1 is 1.47 bits per heavy atom. The minimum atomic E-state index is -0.359. The zero-order chi connectivity index (χ0) is 13.8. The monoisotopic (exact) mass is 259 g/mol. The van der Waals surface area contributed by atoms with E-state index in [1.165, 1.54) is 10.6 Å². The maximum absolute atomic E-state index is 12.2. The Hall–Kier alpha value is -2.17. The highest BCUT2D eigenvalue weighted by atomic mass is 16.2. The molecule has 19 heavy (non-hydrogen) atoms. The highest BCUT2D eigenvalue weighted by Crippen LogP contribution is 2.04. The molecule has 2 heterocycles. The molecule has 100 valence electrons. The normalized spacial score (nSPS) is 10.6. The van der Waals surface area contributed by atoms with E-state index >= 15 is 0 Å². The first kappa shape index (κ1) is 13.3. The molecule has 0 aliphatic heterocycles. The molecule has 0 fully saturated rings. The van der Waals surface area contributed by atoms with Crippen molar-refractivity contribution in [3.63, 3.8) is 0 Å². The second-order valence-corrected chi connectivity index (χ2v) is 4.47. The smallest absolute Gasteiger partial charge is 0.270 e. The molecule has 0 aliphatic rings. The Bertz CT molecular complexity index is 661. The van der Waals surface area contributed by atoms with Crippen LogP contribution in [-0.4, -0.2) is 21.8 Å². The van der Waals surface area contributed by atoms with Crippen molar-refractivity contribution in [1.29, 1.82) is 0 Å². The summed E-state index contributed by atoms with van der Waals surface area (Å²) in [7, 11) is 0. The lowest BCUT2D eigenvalue weighted by Gasteiger charge is -2.06. The number of aryl methyl sites for hydroxylation is 1. The fourth-order valence-electron chi connectivity index (χ4n) is 1.88. The van der Waals surface area contributed by atoms with E-state index in [1.807, 2.05) is 19.9 Å². The predicted molar refractivity (Wildman–Crippen MR) is 73.4 cm³/mol. The summed E-state index contributed by atoms with van der Waals surface area (Å²) in [6, 6.07) is 3.65. The van der Waals surface area contributed by atoms with Crippen LogP contribution in [0, 0.1) is 6.92 Å². The van der Waals surface area contributed by atoms with Crippen LogP contribution in [0.5, 0.6) is 0 Å². The van der Waals surface area contributed by atoms with Crippen LogP contribution in [0.15, 0.2) is 29.3 Å². The number of fused-ring (bicyclic) bond motifs is 1. The van der Waals surface area contributed by atoms with E-state index < -0.39 is 0 Å². The molecule has 0 saturated heterocycles. The lowest BCUT2D eigenvalue weighted by atomic mass is 10.2. The van der Waals surface area contributed by atoms with Crippen LogP contribution >= 0.6 is 0 Å². The van der Waals surface area contributed by atoms with Gasteiger partial charge in [0.15, 0.2) is 0 Å². The summed E-state index contributed by atoms with van der Waals surface area (Å²) >= 11 is 0. The molecule has 0 radical (unpaired) electrons. The number of rotatable bonds is 4. The summed E-state index contributed by atoms with van der Waals surface area (Å²) in [6.45, 7) is 4.50. The summed E-state index contributed by atoms with van der Waals surface area (Å²) in [5.41, 5.74) is 1.23. The van der Waals surface area contributed by atoms with Crippen molar-refractivity contribution in [2.45, 2.75) is 26.7 Å². The molecule has 0 atom stereocenters. The second kappa shape index (κ2) is 5.65. The number of nitrogens with zero attached hydrogens (tertiary/aromatic N) is 2. The Morgan fingerprint density at radius 2 is 2.26 bits per heavy atom. The number of carbonyl (C=O) groups is 1. The van der Waals surface area contributed by atoms with Crippen molar-refractivity contribution in [2.75, 3.05) is 6.54 Å². The molecule has 0 unspecified atom stereocenters. The van der Waals surface area contributed by atoms with E-state index in [9.17, 15) is 9.59 Å². The maximum atomic E-state index is 12.2. The van der Waals surface area contributed by atoms with Crippen LogP contribution in [0.3, 0.4) is 0 Å². The zero-order valence-electron chi connectivity index (χ0n) is 11.1. The number of amides is 1. The largest absolute Gasteiger partial charge is 0.352 e. The number of hydrogen-bond donors (Lipinski definition) is 1. The van der Waals surface area contributed by atoms with Gasteiger partial charge in [0, 0.05) is 18.9 Å². The molecule has 1 N–H and O–H groups in total. The van der Waals surface area contributed by atoms with E-state index in [4.69, 9.17) is 0 Å². The van der Waals surface area contributed by atoms with Gasteiger partial charge >= 0.3 is 0 Å². The van der Waals surface area contributed by atoms with Gasteiger partial charge < -0.3 is 5.32 Å². The summed E-state index contributed by atoms with van der Waals surface area (Å²) in [5, 5.41) is 2.73. The van der Waals surface area contributed by atoms with Crippen LogP contribution < -0.4 is 10.9 Å². The minimum Gasteiger partial charge on any atom is -0.352 e. The van der Waals surface area contributed by atoms with E-state index in [-0.39, 0.29) is 17.0 Å². The fraction of sp³-hybridized carbons (Fsp3) is 0.357. The zero-order valence-corrected chi connectivity index (χ0v) is 11.1. The molecular formula is C14H17N3O2. The topological polar surface area (TPSA) is 63.5 Å². The van der Waals surface area contributed by atoms with Crippen LogP contribution in [0.1, 0.15) is 35.7 Å². The minimum absolute atomic E-state index is 0.0826. The van der Waals surface area contributed by atoms with Crippen LogP contribution in [-0.2, 0) is 0 Å². The molecule has 2 aromatic heterocycles. The van der Waals surface area contributed by atoms with Gasteiger partial charge in [-0.05, 0) is 25.0 Å². The maximum Gasteiger partial charge on any atom is 0.270 e. The average Bonchev–Trinajstić information content (AvgIpc) is 2.40. The van der Waals surface area contributed by atoms with Gasteiger partial charge in [0.2, 0.25) is 0 Å². The SMILES string of the molecule is CCCCNC(=O)c1cnc2c(C)cccn2c1=O. The van der Waals surface area contributed by atoms with Gasteiger partial charge in [-0.15, -0.1) is 0 Å². The first-order chi connectivity index (χ1) is 9.15. The fourth-order valence-corrected chi connectivity index (χ4v) is 1.88. The second-order valence-electron chi connectivity index (χ2n) is 4.47. The molecule has 0 aliphatic carbocycles. The van der Waals surface area contributed by atoms with Crippen molar-refractivity contribution in [3.05, 3.63) is 46.0 Å². The van der Waals surface area contributed by atoms with Gasteiger partial charge in [0.1, 0.15) is 11.2 Å². The summed E-state index contributed by atoms with van der Waals surface area (Å²) in [6.07, 6.45) is 4.87.